The summed E-state index contributed by atoms with van der Waals surface area (Å²) in [5, 5.41) is 11.7. The van der Waals surface area contributed by atoms with Gasteiger partial charge in [-0.25, -0.2) is 19.2 Å². The zero-order valence-electron chi connectivity index (χ0n) is 18.8. The molecule has 1 aliphatic rings. The van der Waals surface area contributed by atoms with Crippen LogP contribution in [-0.2, 0) is 11.3 Å². The van der Waals surface area contributed by atoms with Gasteiger partial charge in [0.05, 0.1) is 12.7 Å². The summed E-state index contributed by atoms with van der Waals surface area (Å²) in [6.07, 6.45) is 1.79. The molecular weight excluding hydrogens is 445 g/mol. The number of hydrogen-bond donors (Lipinski definition) is 1. The second-order valence-corrected chi connectivity index (χ2v) is 7.59. The van der Waals surface area contributed by atoms with Gasteiger partial charge in [0.15, 0.2) is 6.29 Å². The molecule has 3 amide bonds. The fraction of sp³-hybridized carbons (Fsp3) is 0.364. The number of amides is 3. The number of rotatable bonds is 8. The normalized spacial score (nSPS) is 13.8. The molecule has 2 aromatic heterocycles. The molecule has 12 heteroatoms. The summed E-state index contributed by atoms with van der Waals surface area (Å²) in [7, 11) is 3.33. The SMILES string of the molecule is CN1CCN(Cc2ccc(N(C)C(=O)Nc3cc(OCCF)c(C#N)cn3)nc2C=O)C(=O)C1. The highest BCUT2D eigenvalue weighted by Gasteiger charge is 2.23. The molecule has 0 atom stereocenters. The van der Waals surface area contributed by atoms with Crippen molar-refractivity contribution >= 4 is 29.9 Å². The quantitative estimate of drug-likeness (QED) is 0.575. The second kappa shape index (κ2) is 11.2. The molecule has 0 saturated carbocycles. The minimum atomic E-state index is -0.735. The smallest absolute Gasteiger partial charge is 0.328 e. The highest BCUT2D eigenvalue weighted by molar-refractivity contribution is 6.00. The van der Waals surface area contributed by atoms with Crippen LogP contribution >= 0.6 is 0 Å². The van der Waals surface area contributed by atoms with Crippen LogP contribution in [0, 0.1) is 11.3 Å². The summed E-state index contributed by atoms with van der Waals surface area (Å²) >= 11 is 0. The number of urea groups is 1. The van der Waals surface area contributed by atoms with E-state index < -0.39 is 12.7 Å². The highest BCUT2D eigenvalue weighted by atomic mass is 19.1. The molecule has 178 valence electrons. The van der Waals surface area contributed by atoms with Crippen LogP contribution in [-0.4, -0.2) is 85.0 Å². The number of nitriles is 1. The lowest BCUT2D eigenvalue weighted by Crippen LogP contribution is -2.48. The van der Waals surface area contributed by atoms with Gasteiger partial charge in [0.25, 0.3) is 0 Å². The van der Waals surface area contributed by atoms with Crippen molar-refractivity contribution in [1.82, 2.24) is 19.8 Å². The van der Waals surface area contributed by atoms with E-state index in [0.717, 1.165) is 6.54 Å². The zero-order chi connectivity index (χ0) is 24.7. The van der Waals surface area contributed by atoms with Crippen LogP contribution in [0.3, 0.4) is 0 Å². The van der Waals surface area contributed by atoms with Crippen LogP contribution in [0.4, 0.5) is 20.8 Å². The molecule has 0 bridgehead atoms. The van der Waals surface area contributed by atoms with Gasteiger partial charge >= 0.3 is 6.03 Å². The second-order valence-electron chi connectivity index (χ2n) is 7.59. The Morgan fingerprint density at radius 1 is 1.41 bits per heavy atom. The zero-order valence-corrected chi connectivity index (χ0v) is 18.8. The monoisotopic (exact) mass is 469 g/mol. The summed E-state index contributed by atoms with van der Waals surface area (Å²) in [5.41, 5.74) is 0.808. The van der Waals surface area contributed by atoms with E-state index in [0.29, 0.717) is 24.9 Å². The average Bonchev–Trinajstić information content (AvgIpc) is 2.84. The molecule has 1 N–H and O–H groups in total. The summed E-state index contributed by atoms with van der Waals surface area (Å²) < 4.78 is 17.6. The fourth-order valence-electron chi connectivity index (χ4n) is 3.27. The van der Waals surface area contributed by atoms with E-state index in [1.54, 1.807) is 17.0 Å². The van der Waals surface area contributed by atoms with Gasteiger partial charge in [-0.05, 0) is 13.1 Å². The van der Waals surface area contributed by atoms with Crippen molar-refractivity contribution in [2.45, 2.75) is 6.54 Å². The molecule has 2 aromatic rings. The molecule has 0 spiro atoms. The third-order valence-corrected chi connectivity index (χ3v) is 5.18. The van der Waals surface area contributed by atoms with Crippen molar-refractivity contribution in [3.8, 4) is 11.8 Å². The van der Waals surface area contributed by atoms with Crippen molar-refractivity contribution < 1.29 is 23.5 Å². The lowest BCUT2D eigenvalue weighted by Gasteiger charge is -2.32. The minimum Gasteiger partial charge on any atom is -0.489 e. The van der Waals surface area contributed by atoms with Crippen LogP contribution < -0.4 is 15.0 Å². The molecule has 3 heterocycles. The van der Waals surface area contributed by atoms with Gasteiger partial charge in [0, 0.05) is 38.3 Å². The maximum atomic E-state index is 12.7. The van der Waals surface area contributed by atoms with Crippen LogP contribution in [0.15, 0.2) is 24.4 Å². The Hall–Kier alpha value is -4.11. The Labute approximate surface area is 195 Å². The standard InChI is InChI=1S/C22H24FN7O4/c1-28-6-7-30(21(32)13-28)12-15-3-4-20(26-17(15)14-31)29(2)22(33)27-19-9-18(34-8-5-23)16(10-24)11-25-19/h3-4,9,11,14H,5-8,12-13H2,1-2H3,(H,25,27,33). The minimum absolute atomic E-state index is 0.0315. The number of halogens is 1. The third-order valence-electron chi connectivity index (χ3n) is 5.18. The summed E-state index contributed by atoms with van der Waals surface area (Å²) in [4.78, 5) is 49.6. The van der Waals surface area contributed by atoms with Crippen molar-refractivity contribution in [3.63, 3.8) is 0 Å². The van der Waals surface area contributed by atoms with E-state index in [1.165, 1.54) is 24.2 Å². The molecule has 11 nitrogen and oxygen atoms in total. The van der Waals surface area contributed by atoms with Gasteiger partial charge in [-0.2, -0.15) is 5.26 Å². The first-order chi connectivity index (χ1) is 16.4. The first-order valence-electron chi connectivity index (χ1n) is 10.4. The van der Waals surface area contributed by atoms with E-state index in [1.807, 2.05) is 18.0 Å². The van der Waals surface area contributed by atoms with Crippen LogP contribution in [0.25, 0.3) is 0 Å². The first kappa shape index (κ1) is 24.5. The van der Waals surface area contributed by atoms with Crippen molar-refractivity contribution in [3.05, 3.63) is 41.2 Å². The number of nitrogens with zero attached hydrogens (tertiary/aromatic N) is 6. The van der Waals surface area contributed by atoms with E-state index >= 15 is 0 Å². The van der Waals surface area contributed by atoms with E-state index in [9.17, 15) is 18.8 Å². The van der Waals surface area contributed by atoms with E-state index in [2.05, 4.69) is 15.3 Å². The van der Waals surface area contributed by atoms with Crippen LogP contribution in [0.1, 0.15) is 21.6 Å². The van der Waals surface area contributed by atoms with Crippen LogP contribution in [0.5, 0.6) is 5.75 Å². The van der Waals surface area contributed by atoms with Crippen molar-refractivity contribution in [1.29, 1.82) is 5.26 Å². The predicted octanol–water partition coefficient (Wildman–Crippen LogP) is 1.45. The maximum absolute atomic E-state index is 12.7. The number of aldehydes is 1. The number of pyridine rings is 2. The number of alkyl halides is 1. The summed E-state index contributed by atoms with van der Waals surface area (Å²) in [6, 6.07) is 5.82. The van der Waals surface area contributed by atoms with Crippen LogP contribution in [0.2, 0.25) is 0 Å². The average molecular weight is 469 g/mol. The number of carbonyl (C=O) groups is 3. The maximum Gasteiger partial charge on any atom is 0.328 e. The van der Waals surface area contributed by atoms with Crippen molar-refractivity contribution in [2.75, 3.05) is 57.2 Å². The Balaban J connectivity index is 1.72. The number of hydrogen-bond acceptors (Lipinski definition) is 8. The number of piperazine rings is 1. The predicted molar refractivity (Wildman–Crippen MR) is 120 cm³/mol. The van der Waals surface area contributed by atoms with Crippen molar-refractivity contribution in [2.24, 2.45) is 0 Å². The first-order valence-corrected chi connectivity index (χ1v) is 10.4. The molecule has 0 aliphatic carbocycles. The number of ether oxygens (including phenoxy) is 1. The van der Waals surface area contributed by atoms with Gasteiger partial charge in [-0.15, -0.1) is 0 Å². The molecule has 0 aromatic carbocycles. The third kappa shape index (κ3) is 5.81. The van der Waals surface area contributed by atoms with Gasteiger partial charge in [0.2, 0.25) is 5.91 Å². The Kier molecular flexibility index (Phi) is 8.05. The molecule has 1 aliphatic heterocycles. The van der Waals surface area contributed by atoms with Gasteiger partial charge in [-0.1, -0.05) is 6.07 Å². The van der Waals surface area contributed by atoms with E-state index in [-0.39, 0.29) is 47.7 Å². The number of likely N-dealkylation sites (N-methyl/N-ethyl adjacent to an activating group) is 1. The van der Waals surface area contributed by atoms with E-state index in [4.69, 9.17) is 10.00 Å². The Morgan fingerprint density at radius 3 is 2.88 bits per heavy atom. The Morgan fingerprint density at radius 2 is 2.21 bits per heavy atom. The summed E-state index contributed by atoms with van der Waals surface area (Å²) in [5.74, 6) is 0.356. The molecule has 0 radical (unpaired) electrons. The largest absolute Gasteiger partial charge is 0.489 e. The molecule has 34 heavy (non-hydrogen) atoms. The lowest BCUT2D eigenvalue weighted by molar-refractivity contribution is -0.136. The highest BCUT2D eigenvalue weighted by Crippen LogP contribution is 2.22. The summed E-state index contributed by atoms with van der Waals surface area (Å²) in [6.45, 7) is 0.875. The molecular formula is C22H24FN7O4. The van der Waals surface area contributed by atoms with Gasteiger partial charge < -0.3 is 9.64 Å². The lowest BCUT2D eigenvalue weighted by atomic mass is 10.1. The number of nitrogens with one attached hydrogen (secondary N) is 1. The molecule has 0 unspecified atom stereocenters. The molecule has 1 fully saturated rings. The van der Waals surface area contributed by atoms with Gasteiger partial charge in [0.1, 0.15) is 48.0 Å². The fourth-order valence-corrected chi connectivity index (χ4v) is 3.27. The number of carbonyl (C=O) groups excluding carboxylic acids is 3. The molecule has 1 saturated heterocycles. The Bertz CT molecular complexity index is 1120. The molecule has 3 rings (SSSR count). The van der Waals surface area contributed by atoms with Gasteiger partial charge in [-0.3, -0.25) is 24.7 Å². The topological polar surface area (TPSA) is 132 Å². The number of anilines is 2. The number of aromatic nitrogens is 2.